The van der Waals surface area contributed by atoms with Gasteiger partial charge in [-0.15, -0.1) is 10.2 Å². The fraction of sp³-hybridized carbons (Fsp3) is 0.0476. The largest absolute Gasteiger partial charge is 0.423 e. The maximum absolute atomic E-state index is 13.0. The standard InChI is InChI=1S/C42H26Cl2N6O6S2/c43-26-10-5-8-24(19-26)36(49-41(57)55-38(47-49)31-22-35(51)53-34-14-4-2-12-30(31)34)45-28-15-17-29(18-16-28)46-37(25-9-6-11-27(44)20-25)50-42(58)56-39(48-50)32-21-23-7-1-3-13-33(23)54-40(32)52/h1-22,36-37,45-46H. The van der Waals surface area contributed by atoms with Crippen LogP contribution in [0.15, 0.2) is 161 Å². The highest BCUT2D eigenvalue weighted by molar-refractivity contribution is 7.71. The van der Waals surface area contributed by atoms with Crippen LogP contribution in [0.1, 0.15) is 23.5 Å². The average Bonchev–Trinajstić information content (AvgIpc) is 3.80. The van der Waals surface area contributed by atoms with E-state index < -0.39 is 23.6 Å². The molecule has 5 aromatic carbocycles. The van der Waals surface area contributed by atoms with E-state index in [4.69, 9.17) is 70.4 Å². The number of fused-ring (bicyclic) bond motifs is 2. The molecule has 9 aromatic rings. The Morgan fingerprint density at radius 3 is 1.67 bits per heavy atom. The maximum Gasteiger partial charge on any atom is 0.349 e. The van der Waals surface area contributed by atoms with Gasteiger partial charge in [-0.3, -0.25) is 0 Å². The lowest BCUT2D eigenvalue weighted by Crippen LogP contribution is -2.22. The summed E-state index contributed by atoms with van der Waals surface area (Å²) < 4.78 is 25.8. The minimum absolute atomic E-state index is 0.00322. The number of benzene rings is 5. The van der Waals surface area contributed by atoms with Gasteiger partial charge in [-0.2, -0.15) is 9.36 Å². The van der Waals surface area contributed by atoms with Crippen molar-refractivity contribution in [2.24, 2.45) is 0 Å². The minimum atomic E-state index is -0.711. The monoisotopic (exact) mass is 844 g/mol. The molecular weight excluding hydrogens is 820 g/mol. The molecule has 0 spiro atoms. The van der Waals surface area contributed by atoms with E-state index in [0.717, 1.165) is 11.1 Å². The van der Waals surface area contributed by atoms with Crippen LogP contribution in [0.3, 0.4) is 0 Å². The predicted molar refractivity (Wildman–Crippen MR) is 226 cm³/mol. The normalized spacial score (nSPS) is 12.4. The first-order valence-electron chi connectivity index (χ1n) is 17.6. The van der Waals surface area contributed by atoms with Crippen LogP contribution >= 0.6 is 47.6 Å². The number of aromatic nitrogens is 4. The van der Waals surface area contributed by atoms with Crippen LogP contribution in [-0.4, -0.2) is 19.6 Å². The van der Waals surface area contributed by atoms with Gasteiger partial charge in [-0.05, 0) is 102 Å². The Morgan fingerprint density at radius 2 is 1.09 bits per heavy atom. The molecule has 0 saturated heterocycles. The van der Waals surface area contributed by atoms with Gasteiger partial charge in [0.1, 0.15) is 16.7 Å². The highest BCUT2D eigenvalue weighted by Crippen LogP contribution is 2.32. The van der Waals surface area contributed by atoms with Crippen molar-refractivity contribution in [2.75, 3.05) is 10.6 Å². The van der Waals surface area contributed by atoms with Crippen LogP contribution < -0.4 is 21.9 Å². The van der Waals surface area contributed by atoms with Crippen molar-refractivity contribution in [1.29, 1.82) is 0 Å². The van der Waals surface area contributed by atoms with Crippen LogP contribution in [0, 0.1) is 9.67 Å². The van der Waals surface area contributed by atoms with Crippen LogP contribution in [0.5, 0.6) is 0 Å². The molecule has 0 aliphatic carbocycles. The van der Waals surface area contributed by atoms with E-state index in [1.54, 1.807) is 54.6 Å². The smallest absolute Gasteiger partial charge is 0.349 e. The molecule has 4 heterocycles. The molecule has 4 aromatic heterocycles. The number of halogens is 2. The number of nitrogens with zero attached hydrogens (tertiary/aromatic N) is 4. The van der Waals surface area contributed by atoms with Crippen molar-refractivity contribution in [1.82, 2.24) is 19.6 Å². The lowest BCUT2D eigenvalue weighted by molar-refractivity contribution is 0.494. The van der Waals surface area contributed by atoms with Gasteiger partial charge in [0.2, 0.25) is 5.89 Å². The van der Waals surface area contributed by atoms with Crippen molar-refractivity contribution < 1.29 is 17.7 Å². The molecule has 12 nitrogen and oxygen atoms in total. The summed E-state index contributed by atoms with van der Waals surface area (Å²) in [4.78, 5) is 25.5. The van der Waals surface area contributed by atoms with Crippen LogP contribution in [0.4, 0.5) is 11.4 Å². The fourth-order valence-electron chi connectivity index (χ4n) is 6.52. The van der Waals surface area contributed by atoms with Crippen molar-refractivity contribution in [2.45, 2.75) is 12.3 Å². The number of hydrogen-bond acceptors (Lipinski definition) is 12. The molecule has 0 bridgehead atoms. The Balaban J connectivity index is 1.05. The first kappa shape index (κ1) is 37.0. The Labute approximate surface area is 347 Å². The second-order valence-corrected chi connectivity index (χ2v) is 14.5. The maximum atomic E-state index is 13.0. The zero-order valence-corrected chi connectivity index (χ0v) is 32.8. The summed E-state index contributed by atoms with van der Waals surface area (Å²) in [5, 5.41) is 18.7. The molecule has 2 unspecified atom stereocenters. The van der Waals surface area contributed by atoms with Gasteiger partial charge in [-0.1, -0.05) is 83.9 Å². The van der Waals surface area contributed by atoms with Crippen LogP contribution in [-0.2, 0) is 0 Å². The Hall–Kier alpha value is -6.58. The van der Waals surface area contributed by atoms with Gasteiger partial charge < -0.3 is 28.3 Å². The van der Waals surface area contributed by atoms with Gasteiger partial charge >= 0.3 is 11.3 Å². The number of hydrogen-bond donors (Lipinski definition) is 2. The van der Waals surface area contributed by atoms with E-state index in [9.17, 15) is 9.59 Å². The summed E-state index contributed by atoms with van der Waals surface area (Å²) in [6.07, 6.45) is -1.40. The fourth-order valence-corrected chi connectivity index (χ4v) is 7.37. The summed E-state index contributed by atoms with van der Waals surface area (Å²) in [7, 11) is 0. The molecule has 0 aliphatic heterocycles. The predicted octanol–water partition coefficient (Wildman–Crippen LogP) is 10.9. The molecule has 286 valence electrons. The Morgan fingerprint density at radius 1 is 0.552 bits per heavy atom. The van der Waals surface area contributed by atoms with E-state index in [0.29, 0.717) is 48.9 Å². The molecule has 2 N–H and O–H groups in total. The van der Waals surface area contributed by atoms with Crippen LogP contribution in [0.25, 0.3) is 44.8 Å². The highest BCUT2D eigenvalue weighted by atomic mass is 35.5. The number of para-hydroxylation sites is 2. The van der Waals surface area contributed by atoms with E-state index >= 15 is 0 Å². The molecule has 2 atom stereocenters. The molecule has 0 aliphatic rings. The second-order valence-electron chi connectivity index (χ2n) is 13.0. The first-order valence-corrected chi connectivity index (χ1v) is 19.1. The van der Waals surface area contributed by atoms with Gasteiger partial charge in [0, 0.05) is 38.3 Å². The lowest BCUT2D eigenvalue weighted by atomic mass is 10.1. The molecule has 58 heavy (non-hydrogen) atoms. The summed E-state index contributed by atoms with van der Waals surface area (Å²) in [5.41, 5.74) is 3.05. The van der Waals surface area contributed by atoms with Crippen molar-refractivity contribution in [3.05, 3.63) is 185 Å². The quantitative estimate of drug-likeness (QED) is 0.0997. The molecule has 0 amide bonds. The SMILES string of the molecule is O=c1cc(-c2nn(C(Nc3ccc(NC(c4cccc(Cl)c4)n4nc(-c5cc6ccccc6oc5=O)oc4=S)cc3)c3cccc(Cl)c3)c(=S)o2)c2ccccc2o1. The Kier molecular flexibility index (Phi) is 9.83. The topological polar surface area (TPSA) is 146 Å². The Bertz CT molecular complexity index is 3240. The molecule has 0 saturated carbocycles. The molecule has 0 fully saturated rings. The summed E-state index contributed by atoms with van der Waals surface area (Å²) >= 11 is 24.2. The number of nitrogens with one attached hydrogen (secondary N) is 2. The van der Waals surface area contributed by atoms with E-state index in [1.165, 1.54) is 15.4 Å². The van der Waals surface area contributed by atoms with Gasteiger partial charge in [0.25, 0.3) is 15.6 Å². The first-order chi connectivity index (χ1) is 28.2. The van der Waals surface area contributed by atoms with Crippen molar-refractivity contribution in [3.8, 4) is 22.9 Å². The zero-order chi connectivity index (χ0) is 39.9. The summed E-state index contributed by atoms with van der Waals surface area (Å²) in [6, 6.07) is 39.2. The zero-order valence-electron chi connectivity index (χ0n) is 29.7. The summed E-state index contributed by atoms with van der Waals surface area (Å²) in [6.45, 7) is 0. The third-order valence-electron chi connectivity index (χ3n) is 9.20. The third kappa shape index (κ3) is 7.37. The molecule has 0 radical (unpaired) electrons. The van der Waals surface area contributed by atoms with Crippen LogP contribution in [0.2, 0.25) is 10.0 Å². The molecular formula is C42H26Cl2N6O6S2. The molecule has 9 rings (SSSR count). The second kappa shape index (κ2) is 15.4. The van der Waals surface area contributed by atoms with E-state index in [2.05, 4.69) is 15.7 Å². The minimum Gasteiger partial charge on any atom is -0.423 e. The van der Waals surface area contributed by atoms with Gasteiger partial charge in [0.15, 0.2) is 12.3 Å². The summed E-state index contributed by atoms with van der Waals surface area (Å²) in [5.74, 6) is 0.147. The van der Waals surface area contributed by atoms with Gasteiger partial charge in [-0.25, -0.2) is 9.59 Å². The number of rotatable bonds is 10. The highest BCUT2D eigenvalue weighted by Gasteiger charge is 2.24. The van der Waals surface area contributed by atoms with Gasteiger partial charge in [0.05, 0.1) is 5.56 Å². The van der Waals surface area contributed by atoms with E-state index in [-0.39, 0.29) is 27.0 Å². The number of anilines is 2. The van der Waals surface area contributed by atoms with E-state index in [1.807, 2.05) is 72.8 Å². The van der Waals surface area contributed by atoms with Crippen molar-refractivity contribution >= 4 is 81.0 Å². The average molecular weight is 846 g/mol. The van der Waals surface area contributed by atoms with Crippen molar-refractivity contribution in [3.63, 3.8) is 0 Å². The third-order valence-corrected chi connectivity index (χ3v) is 10.2. The lowest BCUT2D eigenvalue weighted by Gasteiger charge is -2.22. The molecule has 16 heteroatoms.